The second-order valence-corrected chi connectivity index (χ2v) is 9.34. The van der Waals surface area contributed by atoms with Gasteiger partial charge in [0.1, 0.15) is 11.5 Å². The smallest absolute Gasteiger partial charge is 0.317 e. The van der Waals surface area contributed by atoms with Gasteiger partial charge in [-0.15, -0.1) is 0 Å². The number of aromatic hydroxyl groups is 1. The summed E-state index contributed by atoms with van der Waals surface area (Å²) in [6.07, 6.45) is 0.721. The average Bonchev–Trinajstić information content (AvgIpc) is 2.45. The van der Waals surface area contributed by atoms with Gasteiger partial charge in [-0.3, -0.25) is 4.79 Å². The van der Waals surface area contributed by atoms with Crippen LogP contribution < -0.4 is 4.74 Å². The van der Waals surface area contributed by atoms with Gasteiger partial charge in [-0.25, -0.2) is 0 Å². The van der Waals surface area contributed by atoms with E-state index in [0.717, 1.165) is 11.8 Å². The first-order valence-corrected chi connectivity index (χ1v) is 8.78. The fourth-order valence-corrected chi connectivity index (χ4v) is 3.27. The van der Waals surface area contributed by atoms with Gasteiger partial charge in [-0.2, -0.15) is 0 Å². The lowest BCUT2D eigenvalue weighted by molar-refractivity contribution is -0.154. The van der Waals surface area contributed by atoms with Crippen molar-refractivity contribution in [1.82, 2.24) is 0 Å². The zero-order valence-electron chi connectivity index (χ0n) is 16.4. The van der Waals surface area contributed by atoms with Gasteiger partial charge in [0, 0.05) is 10.8 Å². The number of phenols is 1. The lowest BCUT2D eigenvalue weighted by Crippen LogP contribution is -2.45. The monoisotopic (exact) mass is 342 g/mol. The Balaban J connectivity index is 2.45. The zero-order valence-corrected chi connectivity index (χ0v) is 16.4. The van der Waals surface area contributed by atoms with Gasteiger partial charge < -0.3 is 9.84 Å². The van der Waals surface area contributed by atoms with Gasteiger partial charge in [0.2, 0.25) is 0 Å². The molecule has 3 nitrogen and oxygen atoms in total. The third-order valence-electron chi connectivity index (χ3n) is 5.05. The highest BCUT2D eigenvalue weighted by Crippen LogP contribution is 2.47. The van der Waals surface area contributed by atoms with Crippen LogP contribution >= 0.6 is 0 Å². The molecule has 0 spiro atoms. The zero-order chi connectivity index (χ0) is 19.0. The Morgan fingerprint density at radius 3 is 2.04 bits per heavy atom. The van der Waals surface area contributed by atoms with Gasteiger partial charge in [-0.1, -0.05) is 65.8 Å². The lowest BCUT2D eigenvalue weighted by atomic mass is 9.61. The van der Waals surface area contributed by atoms with E-state index in [-0.39, 0.29) is 22.5 Å². The first-order chi connectivity index (χ1) is 11.3. The standard InChI is InChI=1S/C22H30O3/c1-20(2,3)14-22(7,21(4,5)6)19(24)25-18-13-9-10-15-16(18)11-8-12-17(15)23/h8-13,23H,14H2,1-7H3. The third-order valence-corrected chi connectivity index (χ3v) is 5.05. The molecule has 0 amide bonds. The summed E-state index contributed by atoms with van der Waals surface area (Å²) in [6, 6.07) is 10.6. The van der Waals surface area contributed by atoms with E-state index in [1.807, 2.05) is 19.1 Å². The van der Waals surface area contributed by atoms with Crippen molar-refractivity contribution in [3.8, 4) is 11.5 Å². The molecule has 0 aromatic heterocycles. The summed E-state index contributed by atoms with van der Waals surface area (Å²) in [5, 5.41) is 11.5. The minimum Gasteiger partial charge on any atom is -0.507 e. The van der Waals surface area contributed by atoms with Crippen molar-refractivity contribution in [3.05, 3.63) is 36.4 Å². The normalized spacial score (nSPS) is 15.0. The molecular formula is C22H30O3. The summed E-state index contributed by atoms with van der Waals surface area (Å²) in [5.41, 5.74) is -0.883. The summed E-state index contributed by atoms with van der Waals surface area (Å²) in [7, 11) is 0. The molecule has 0 radical (unpaired) electrons. The van der Waals surface area contributed by atoms with Crippen LogP contribution in [0.2, 0.25) is 0 Å². The maximum absolute atomic E-state index is 13.2. The van der Waals surface area contributed by atoms with Crippen molar-refractivity contribution < 1.29 is 14.6 Å². The Kier molecular flexibility index (Phi) is 4.91. The quantitative estimate of drug-likeness (QED) is 0.554. The Bertz CT molecular complexity index is 778. The number of esters is 1. The Morgan fingerprint density at radius 1 is 0.920 bits per heavy atom. The van der Waals surface area contributed by atoms with Crippen LogP contribution in [-0.4, -0.2) is 11.1 Å². The van der Waals surface area contributed by atoms with E-state index < -0.39 is 5.41 Å². The minimum atomic E-state index is -0.635. The van der Waals surface area contributed by atoms with Crippen molar-refractivity contribution in [3.63, 3.8) is 0 Å². The van der Waals surface area contributed by atoms with Gasteiger partial charge in [-0.05, 0) is 36.3 Å². The molecular weight excluding hydrogens is 312 g/mol. The predicted molar refractivity (Wildman–Crippen MR) is 103 cm³/mol. The number of fused-ring (bicyclic) bond motifs is 1. The maximum atomic E-state index is 13.2. The molecule has 2 aromatic rings. The highest BCUT2D eigenvalue weighted by atomic mass is 16.5. The van der Waals surface area contributed by atoms with Gasteiger partial charge >= 0.3 is 5.97 Å². The first-order valence-electron chi connectivity index (χ1n) is 8.78. The molecule has 0 aliphatic heterocycles. The molecule has 0 saturated carbocycles. The van der Waals surface area contributed by atoms with E-state index >= 15 is 0 Å². The van der Waals surface area contributed by atoms with E-state index in [1.54, 1.807) is 24.3 Å². The number of benzene rings is 2. The molecule has 2 rings (SSSR count). The Labute approximate surface area is 151 Å². The fourth-order valence-electron chi connectivity index (χ4n) is 3.27. The van der Waals surface area contributed by atoms with Crippen LogP contribution in [0.5, 0.6) is 11.5 Å². The van der Waals surface area contributed by atoms with Crippen molar-refractivity contribution in [2.75, 3.05) is 0 Å². The molecule has 0 fully saturated rings. The predicted octanol–water partition coefficient (Wildman–Crippen LogP) is 5.94. The first kappa shape index (κ1) is 19.3. The van der Waals surface area contributed by atoms with Crippen LogP contribution in [0.1, 0.15) is 54.9 Å². The Hall–Kier alpha value is -2.03. The number of phenolic OH excluding ortho intramolecular Hbond substituents is 1. The number of hydrogen-bond acceptors (Lipinski definition) is 3. The van der Waals surface area contributed by atoms with E-state index in [2.05, 4.69) is 41.5 Å². The summed E-state index contributed by atoms with van der Waals surface area (Å²) in [4.78, 5) is 13.2. The topological polar surface area (TPSA) is 46.5 Å². The molecule has 1 N–H and O–H groups in total. The van der Waals surface area contributed by atoms with Crippen LogP contribution in [-0.2, 0) is 4.79 Å². The van der Waals surface area contributed by atoms with Crippen molar-refractivity contribution in [2.45, 2.75) is 54.9 Å². The molecule has 136 valence electrons. The largest absolute Gasteiger partial charge is 0.507 e. The van der Waals surface area contributed by atoms with Gasteiger partial charge in [0.25, 0.3) is 0 Å². The van der Waals surface area contributed by atoms with E-state index in [4.69, 9.17) is 4.74 Å². The second kappa shape index (κ2) is 6.36. The number of rotatable bonds is 3. The molecule has 2 aromatic carbocycles. The van der Waals surface area contributed by atoms with Crippen LogP contribution in [0.3, 0.4) is 0 Å². The SMILES string of the molecule is CC(C)(C)CC(C)(C(=O)Oc1cccc2c(O)cccc12)C(C)(C)C. The number of hydrogen-bond donors (Lipinski definition) is 1. The van der Waals surface area contributed by atoms with Gasteiger partial charge in [0.05, 0.1) is 5.41 Å². The number of carbonyl (C=O) groups excluding carboxylic acids is 1. The third kappa shape index (κ3) is 3.97. The highest BCUT2D eigenvalue weighted by molar-refractivity contribution is 5.94. The van der Waals surface area contributed by atoms with Crippen LogP contribution in [0.15, 0.2) is 36.4 Å². The summed E-state index contributed by atoms with van der Waals surface area (Å²) >= 11 is 0. The molecule has 0 heterocycles. The van der Waals surface area contributed by atoms with E-state index in [9.17, 15) is 9.90 Å². The molecule has 3 heteroatoms. The maximum Gasteiger partial charge on any atom is 0.317 e. The van der Waals surface area contributed by atoms with Crippen molar-refractivity contribution in [2.24, 2.45) is 16.2 Å². The second-order valence-electron chi connectivity index (χ2n) is 9.34. The molecule has 0 saturated heterocycles. The molecule has 1 unspecified atom stereocenters. The fraction of sp³-hybridized carbons (Fsp3) is 0.500. The summed E-state index contributed by atoms with van der Waals surface area (Å²) in [5.74, 6) is 0.442. The molecule has 25 heavy (non-hydrogen) atoms. The molecule has 1 atom stereocenters. The summed E-state index contributed by atoms with van der Waals surface area (Å²) in [6.45, 7) is 14.6. The lowest BCUT2D eigenvalue weighted by Gasteiger charge is -2.43. The molecule has 0 aliphatic rings. The van der Waals surface area contributed by atoms with E-state index in [1.165, 1.54) is 0 Å². The Morgan fingerprint density at radius 2 is 1.48 bits per heavy atom. The van der Waals surface area contributed by atoms with Crippen LogP contribution in [0.4, 0.5) is 0 Å². The van der Waals surface area contributed by atoms with Crippen molar-refractivity contribution in [1.29, 1.82) is 0 Å². The molecule has 0 bridgehead atoms. The number of ether oxygens (including phenoxy) is 1. The van der Waals surface area contributed by atoms with Crippen LogP contribution in [0.25, 0.3) is 10.8 Å². The average molecular weight is 342 g/mol. The summed E-state index contributed by atoms with van der Waals surface area (Å²) < 4.78 is 5.87. The molecule has 0 aliphatic carbocycles. The highest BCUT2D eigenvalue weighted by Gasteiger charge is 2.48. The van der Waals surface area contributed by atoms with Crippen LogP contribution in [0, 0.1) is 16.2 Å². The van der Waals surface area contributed by atoms with Crippen molar-refractivity contribution >= 4 is 16.7 Å². The minimum absolute atomic E-state index is 0.00191. The van der Waals surface area contributed by atoms with E-state index in [0.29, 0.717) is 11.1 Å². The van der Waals surface area contributed by atoms with Gasteiger partial charge in [0.15, 0.2) is 0 Å². The number of carbonyl (C=O) groups is 1.